The molecule has 4 nitrogen and oxygen atoms in total. The Morgan fingerprint density at radius 2 is 1.85 bits per heavy atom. The average molecular weight is 370 g/mol. The second kappa shape index (κ2) is 8.45. The predicted molar refractivity (Wildman–Crippen MR) is 102 cm³/mol. The van der Waals surface area contributed by atoms with E-state index in [1.165, 1.54) is 18.3 Å². The van der Waals surface area contributed by atoms with Crippen LogP contribution in [-0.2, 0) is 6.42 Å². The van der Waals surface area contributed by atoms with E-state index in [4.69, 9.17) is 11.6 Å². The molecule has 1 aromatic heterocycles. The number of rotatable bonds is 6. The maximum atomic E-state index is 12.9. The summed E-state index contributed by atoms with van der Waals surface area (Å²) in [4.78, 5) is 16.5. The van der Waals surface area contributed by atoms with Crippen molar-refractivity contribution in [2.75, 3.05) is 17.2 Å². The van der Waals surface area contributed by atoms with Crippen LogP contribution in [0, 0.1) is 5.82 Å². The van der Waals surface area contributed by atoms with Gasteiger partial charge in [0.25, 0.3) is 5.91 Å². The summed E-state index contributed by atoms with van der Waals surface area (Å²) in [6.45, 7) is 0.646. The number of benzene rings is 2. The van der Waals surface area contributed by atoms with Gasteiger partial charge in [0.15, 0.2) is 0 Å². The Balaban J connectivity index is 1.58. The molecule has 0 aliphatic rings. The van der Waals surface area contributed by atoms with E-state index in [1.54, 1.807) is 48.7 Å². The Labute approximate surface area is 156 Å². The SMILES string of the molecule is O=C(Nc1cccc(Cl)c1)c1cncc(NCCc2ccc(F)cc2)c1. The standard InChI is InChI=1S/C20H17ClFN3O/c21-16-2-1-3-18(11-16)25-20(26)15-10-19(13-23-12-15)24-9-8-14-4-6-17(22)7-5-14/h1-7,10-13,24H,8-9H2,(H,25,26). The zero-order valence-corrected chi connectivity index (χ0v) is 14.6. The summed E-state index contributed by atoms with van der Waals surface area (Å²) < 4.78 is 12.9. The number of hydrogen-bond donors (Lipinski definition) is 2. The molecule has 2 aromatic carbocycles. The van der Waals surface area contributed by atoms with Crippen molar-refractivity contribution < 1.29 is 9.18 Å². The van der Waals surface area contributed by atoms with Crippen molar-refractivity contribution in [1.82, 2.24) is 4.98 Å². The van der Waals surface area contributed by atoms with Crippen molar-refractivity contribution in [3.63, 3.8) is 0 Å². The summed E-state index contributed by atoms with van der Waals surface area (Å²) in [5.74, 6) is -0.508. The number of nitrogens with one attached hydrogen (secondary N) is 2. The third-order valence-electron chi connectivity index (χ3n) is 3.74. The average Bonchev–Trinajstić information content (AvgIpc) is 2.64. The lowest BCUT2D eigenvalue weighted by atomic mass is 10.1. The highest BCUT2D eigenvalue weighted by molar-refractivity contribution is 6.30. The lowest BCUT2D eigenvalue weighted by Crippen LogP contribution is -2.13. The zero-order valence-electron chi connectivity index (χ0n) is 13.9. The van der Waals surface area contributed by atoms with Crippen LogP contribution >= 0.6 is 11.6 Å². The molecule has 2 N–H and O–H groups in total. The van der Waals surface area contributed by atoms with Gasteiger partial charge in [-0.25, -0.2) is 4.39 Å². The van der Waals surface area contributed by atoms with Gasteiger partial charge in [-0.05, 0) is 48.4 Å². The molecule has 3 aromatic rings. The smallest absolute Gasteiger partial charge is 0.257 e. The number of halogens is 2. The lowest BCUT2D eigenvalue weighted by Gasteiger charge is -2.09. The highest BCUT2D eigenvalue weighted by Crippen LogP contribution is 2.16. The highest BCUT2D eigenvalue weighted by atomic mass is 35.5. The van der Waals surface area contributed by atoms with E-state index in [1.807, 2.05) is 0 Å². The van der Waals surface area contributed by atoms with Crippen molar-refractivity contribution in [2.24, 2.45) is 0 Å². The van der Waals surface area contributed by atoms with E-state index in [-0.39, 0.29) is 11.7 Å². The molecule has 1 heterocycles. The number of carbonyl (C=O) groups excluding carboxylic acids is 1. The monoisotopic (exact) mass is 369 g/mol. The van der Waals surface area contributed by atoms with Gasteiger partial charge in [0, 0.05) is 29.6 Å². The molecule has 0 radical (unpaired) electrons. The van der Waals surface area contributed by atoms with Gasteiger partial charge in [0.05, 0.1) is 11.3 Å². The Bertz CT molecular complexity index is 900. The maximum absolute atomic E-state index is 12.9. The maximum Gasteiger partial charge on any atom is 0.257 e. The van der Waals surface area contributed by atoms with Crippen LogP contribution in [-0.4, -0.2) is 17.4 Å². The number of carbonyl (C=O) groups is 1. The first-order chi connectivity index (χ1) is 12.6. The van der Waals surface area contributed by atoms with Crippen LogP contribution in [0.25, 0.3) is 0 Å². The van der Waals surface area contributed by atoms with Crippen LogP contribution in [0.2, 0.25) is 5.02 Å². The molecule has 0 spiro atoms. The third-order valence-corrected chi connectivity index (χ3v) is 3.97. The van der Waals surface area contributed by atoms with Crippen LogP contribution in [0.1, 0.15) is 15.9 Å². The molecule has 0 atom stereocenters. The molecule has 132 valence electrons. The Morgan fingerprint density at radius 3 is 2.62 bits per heavy atom. The van der Waals surface area contributed by atoms with E-state index < -0.39 is 0 Å². The zero-order chi connectivity index (χ0) is 18.4. The third kappa shape index (κ3) is 5.04. The predicted octanol–water partition coefficient (Wildman–Crippen LogP) is 4.78. The Kier molecular flexibility index (Phi) is 5.81. The molecule has 0 fully saturated rings. The molecule has 1 amide bonds. The van der Waals surface area contributed by atoms with E-state index in [0.717, 1.165) is 17.7 Å². The Hall–Kier alpha value is -2.92. The molecular formula is C20H17ClFN3O. The summed E-state index contributed by atoms with van der Waals surface area (Å²) in [6.07, 6.45) is 3.89. The lowest BCUT2D eigenvalue weighted by molar-refractivity contribution is 0.102. The first-order valence-electron chi connectivity index (χ1n) is 8.10. The fourth-order valence-electron chi connectivity index (χ4n) is 2.43. The van der Waals surface area contributed by atoms with Crippen LogP contribution in [0.15, 0.2) is 67.0 Å². The number of hydrogen-bond acceptors (Lipinski definition) is 3. The van der Waals surface area contributed by atoms with Gasteiger partial charge in [-0.15, -0.1) is 0 Å². The first kappa shape index (κ1) is 17.9. The molecule has 0 saturated carbocycles. The van der Waals surface area contributed by atoms with E-state index >= 15 is 0 Å². The quantitative estimate of drug-likeness (QED) is 0.657. The van der Waals surface area contributed by atoms with Gasteiger partial charge < -0.3 is 10.6 Å². The number of aromatic nitrogens is 1. The Morgan fingerprint density at radius 1 is 1.04 bits per heavy atom. The number of nitrogens with zero attached hydrogens (tertiary/aromatic N) is 1. The second-order valence-electron chi connectivity index (χ2n) is 5.73. The second-order valence-corrected chi connectivity index (χ2v) is 6.17. The number of amides is 1. The minimum absolute atomic E-state index is 0.246. The summed E-state index contributed by atoms with van der Waals surface area (Å²) in [5, 5.41) is 6.56. The number of pyridine rings is 1. The summed E-state index contributed by atoms with van der Waals surface area (Å²) in [7, 11) is 0. The van der Waals surface area contributed by atoms with Crippen LogP contribution in [0.3, 0.4) is 0 Å². The van der Waals surface area contributed by atoms with Crippen molar-refractivity contribution in [1.29, 1.82) is 0 Å². The van der Waals surface area contributed by atoms with Gasteiger partial charge in [0.1, 0.15) is 5.82 Å². The topological polar surface area (TPSA) is 54.0 Å². The van der Waals surface area contributed by atoms with Crippen molar-refractivity contribution in [2.45, 2.75) is 6.42 Å². The summed E-state index contributed by atoms with van der Waals surface area (Å²) in [6, 6.07) is 15.1. The molecular weight excluding hydrogens is 353 g/mol. The fraction of sp³-hybridized carbons (Fsp3) is 0.100. The van der Waals surface area contributed by atoms with Gasteiger partial charge in [-0.2, -0.15) is 0 Å². The summed E-state index contributed by atoms with van der Waals surface area (Å²) >= 11 is 5.92. The van der Waals surface area contributed by atoms with Crippen molar-refractivity contribution in [3.8, 4) is 0 Å². The molecule has 26 heavy (non-hydrogen) atoms. The molecule has 0 aliphatic carbocycles. The highest BCUT2D eigenvalue weighted by Gasteiger charge is 2.08. The minimum atomic E-state index is -0.262. The van der Waals surface area contributed by atoms with Crippen LogP contribution < -0.4 is 10.6 Å². The van der Waals surface area contributed by atoms with E-state index in [0.29, 0.717) is 22.8 Å². The van der Waals surface area contributed by atoms with E-state index in [2.05, 4.69) is 15.6 Å². The molecule has 0 bridgehead atoms. The van der Waals surface area contributed by atoms with Crippen LogP contribution in [0.4, 0.5) is 15.8 Å². The van der Waals surface area contributed by atoms with Crippen molar-refractivity contribution in [3.05, 3.63) is 89.0 Å². The first-order valence-corrected chi connectivity index (χ1v) is 8.48. The largest absolute Gasteiger partial charge is 0.383 e. The van der Waals surface area contributed by atoms with E-state index in [9.17, 15) is 9.18 Å². The number of anilines is 2. The molecule has 0 unspecified atom stereocenters. The summed E-state index contributed by atoms with van der Waals surface area (Å²) in [5.41, 5.74) is 2.83. The normalized spacial score (nSPS) is 10.4. The van der Waals surface area contributed by atoms with Gasteiger partial charge in [-0.1, -0.05) is 29.8 Å². The molecule has 0 saturated heterocycles. The fourth-order valence-corrected chi connectivity index (χ4v) is 2.62. The van der Waals surface area contributed by atoms with Gasteiger partial charge >= 0.3 is 0 Å². The van der Waals surface area contributed by atoms with Crippen molar-refractivity contribution >= 4 is 28.9 Å². The molecule has 3 rings (SSSR count). The van der Waals surface area contributed by atoms with Crippen LogP contribution in [0.5, 0.6) is 0 Å². The van der Waals surface area contributed by atoms with Gasteiger partial charge in [-0.3, -0.25) is 9.78 Å². The molecule has 0 aliphatic heterocycles. The minimum Gasteiger partial charge on any atom is -0.383 e. The molecule has 6 heteroatoms. The van der Waals surface area contributed by atoms with Gasteiger partial charge in [0.2, 0.25) is 0 Å².